The fourth-order valence-corrected chi connectivity index (χ4v) is 11.8. The van der Waals surface area contributed by atoms with Gasteiger partial charge in [0.25, 0.3) is 0 Å². The molecule has 0 radical (unpaired) electrons. The van der Waals surface area contributed by atoms with Gasteiger partial charge in [0.2, 0.25) is 6.71 Å². The Morgan fingerprint density at radius 2 is 0.609 bits per heavy atom. The molecule has 0 saturated heterocycles. The molecule has 2 aromatic heterocycles. The molecule has 69 heavy (non-hydrogen) atoms. The van der Waals surface area contributed by atoms with Gasteiger partial charge in [-0.2, -0.15) is 0 Å². The summed E-state index contributed by atoms with van der Waals surface area (Å²) in [5.41, 5.74) is 23.2. The maximum absolute atomic E-state index is 2.46. The van der Waals surface area contributed by atoms with Gasteiger partial charge in [-0.15, -0.1) is 0 Å². The topological polar surface area (TPSA) is 9.86 Å². The lowest BCUT2D eigenvalue weighted by atomic mass is 9.33. The van der Waals surface area contributed by atoms with Gasteiger partial charge in [0.15, 0.2) is 0 Å². The molecule has 1 aliphatic heterocycles. The van der Waals surface area contributed by atoms with Crippen LogP contribution in [0.1, 0.15) is 0 Å². The monoisotopic (exact) mass is 874 g/mol. The molecule has 320 valence electrons. The van der Waals surface area contributed by atoms with Crippen molar-refractivity contribution < 1.29 is 0 Å². The molecule has 1 aliphatic rings. The molecule has 0 spiro atoms. The minimum Gasteiger partial charge on any atom is -0.309 e. The van der Waals surface area contributed by atoms with Gasteiger partial charge in [0, 0.05) is 32.9 Å². The van der Waals surface area contributed by atoms with Gasteiger partial charge in [0.05, 0.1) is 22.1 Å². The van der Waals surface area contributed by atoms with E-state index in [1.807, 2.05) is 0 Å². The normalized spacial score (nSPS) is 12.0. The number of hydrogen-bond acceptors (Lipinski definition) is 0. The highest BCUT2D eigenvalue weighted by Gasteiger charge is 2.34. The SMILES string of the molecule is c1ccc(-c2cccc(-c3cccc(-n4c5ccccc5c5cc(-n6c7ccccc7c7ccccc76)ccc54)c3)c2B2c3ccccc3-c3ccccc3-c3ccccc3-c3ccccc32)cc1. The predicted octanol–water partition coefficient (Wildman–Crippen LogP) is 15.0. The van der Waals surface area contributed by atoms with E-state index >= 15 is 0 Å². The van der Waals surface area contributed by atoms with Gasteiger partial charge in [-0.25, -0.2) is 0 Å². The molecule has 0 aliphatic carbocycles. The quantitative estimate of drug-likeness (QED) is 0.153. The zero-order chi connectivity index (χ0) is 45.4. The van der Waals surface area contributed by atoms with E-state index in [9.17, 15) is 0 Å². The van der Waals surface area contributed by atoms with E-state index in [0.29, 0.717) is 0 Å². The molecule has 13 aromatic rings. The van der Waals surface area contributed by atoms with E-state index in [4.69, 9.17) is 0 Å². The van der Waals surface area contributed by atoms with Crippen molar-refractivity contribution in [1.82, 2.24) is 9.13 Å². The van der Waals surface area contributed by atoms with Crippen LogP contribution in [0, 0.1) is 0 Å². The van der Waals surface area contributed by atoms with E-state index in [2.05, 4.69) is 270 Å². The maximum Gasteiger partial charge on any atom is 0.244 e. The van der Waals surface area contributed by atoms with E-state index in [-0.39, 0.29) is 6.71 Å². The molecule has 3 heteroatoms. The highest BCUT2D eigenvalue weighted by Crippen LogP contribution is 2.41. The number of para-hydroxylation sites is 3. The third kappa shape index (κ3) is 6.14. The average molecular weight is 875 g/mol. The Morgan fingerprint density at radius 1 is 0.232 bits per heavy atom. The predicted molar refractivity (Wildman–Crippen MR) is 293 cm³/mol. The third-order valence-electron chi connectivity index (χ3n) is 14.7. The third-order valence-corrected chi connectivity index (χ3v) is 14.7. The Morgan fingerprint density at radius 3 is 1.17 bits per heavy atom. The van der Waals surface area contributed by atoms with Crippen molar-refractivity contribution in [2.75, 3.05) is 0 Å². The molecule has 0 N–H and O–H groups in total. The second kappa shape index (κ2) is 15.9. The largest absolute Gasteiger partial charge is 0.309 e. The van der Waals surface area contributed by atoms with Crippen molar-refractivity contribution in [3.05, 3.63) is 261 Å². The van der Waals surface area contributed by atoms with Gasteiger partial charge in [0.1, 0.15) is 0 Å². The first kappa shape index (κ1) is 39.3. The fraction of sp³-hybridized carbons (Fsp3) is 0. The summed E-state index contributed by atoms with van der Waals surface area (Å²) in [6.07, 6.45) is 0. The molecule has 0 saturated carbocycles. The van der Waals surface area contributed by atoms with Crippen LogP contribution in [0.5, 0.6) is 0 Å². The summed E-state index contributed by atoms with van der Waals surface area (Å²) in [5.74, 6) is 0. The molecule has 3 heterocycles. The van der Waals surface area contributed by atoms with Crippen molar-refractivity contribution in [3.63, 3.8) is 0 Å². The van der Waals surface area contributed by atoms with Gasteiger partial charge in [-0.05, 0) is 104 Å². The Balaban J connectivity index is 1.02. The Kier molecular flexibility index (Phi) is 9.03. The first-order valence-corrected chi connectivity index (χ1v) is 24.0. The summed E-state index contributed by atoms with van der Waals surface area (Å²) < 4.78 is 4.88. The first-order chi connectivity index (χ1) is 34.3. The summed E-state index contributed by atoms with van der Waals surface area (Å²) in [6, 6.07) is 96.8. The molecule has 11 aromatic carbocycles. The lowest BCUT2D eigenvalue weighted by Gasteiger charge is -2.26. The van der Waals surface area contributed by atoms with Crippen LogP contribution in [-0.4, -0.2) is 15.8 Å². The molecular formula is C66H43BN2. The summed E-state index contributed by atoms with van der Waals surface area (Å²) >= 11 is 0. The second-order valence-electron chi connectivity index (χ2n) is 18.3. The Bertz CT molecular complexity index is 4010. The lowest BCUT2D eigenvalue weighted by molar-refractivity contribution is 1.17. The van der Waals surface area contributed by atoms with Crippen molar-refractivity contribution in [2.24, 2.45) is 0 Å². The summed E-state index contributed by atoms with van der Waals surface area (Å²) in [5, 5.41) is 4.98. The molecule has 2 nitrogen and oxygen atoms in total. The fourth-order valence-electron chi connectivity index (χ4n) is 11.8. The number of rotatable bonds is 5. The maximum atomic E-state index is 2.46. The summed E-state index contributed by atoms with van der Waals surface area (Å²) in [7, 11) is 0. The molecule has 0 amide bonds. The van der Waals surface area contributed by atoms with Crippen molar-refractivity contribution in [1.29, 1.82) is 0 Å². The zero-order valence-electron chi connectivity index (χ0n) is 37.8. The van der Waals surface area contributed by atoms with E-state index < -0.39 is 0 Å². The van der Waals surface area contributed by atoms with E-state index in [0.717, 1.165) is 11.4 Å². The van der Waals surface area contributed by atoms with Crippen LogP contribution in [-0.2, 0) is 0 Å². The summed E-state index contributed by atoms with van der Waals surface area (Å²) in [6.45, 7) is -0.126. The van der Waals surface area contributed by atoms with Gasteiger partial charge in [-0.3, -0.25) is 0 Å². The van der Waals surface area contributed by atoms with Crippen LogP contribution < -0.4 is 16.4 Å². The highest BCUT2D eigenvalue weighted by molar-refractivity contribution is 6.98. The highest BCUT2D eigenvalue weighted by atomic mass is 15.0. The van der Waals surface area contributed by atoms with E-state index in [1.165, 1.54) is 116 Å². The zero-order valence-corrected chi connectivity index (χ0v) is 37.8. The molecule has 14 rings (SSSR count). The molecular weight excluding hydrogens is 832 g/mol. The van der Waals surface area contributed by atoms with Crippen molar-refractivity contribution in [3.8, 4) is 67.0 Å². The number of aromatic nitrogens is 2. The van der Waals surface area contributed by atoms with Crippen LogP contribution in [0.25, 0.3) is 111 Å². The van der Waals surface area contributed by atoms with Crippen LogP contribution in [0.15, 0.2) is 261 Å². The number of hydrogen-bond donors (Lipinski definition) is 0. The Hall–Kier alpha value is -8.92. The number of benzene rings is 11. The molecule has 0 fully saturated rings. The smallest absolute Gasteiger partial charge is 0.244 e. The minimum absolute atomic E-state index is 0.126. The standard InChI is InChI=1S/C66H43BN2/c1-2-20-44(21-3-1)48-33-19-34-49(66(48)67-60-35-13-8-28-54(60)52-26-6-4-24-50(52)51-25-5-7-27-53(51)55-29-9-14-36-61(55)67)45-22-18-23-46(42-45)68-64-39-17-12-32-58(64)59-43-47(40-41-65(59)68)69-62-37-15-10-30-56(62)57-31-11-16-38-63(57)69/h1-43H. The van der Waals surface area contributed by atoms with Gasteiger partial charge < -0.3 is 9.13 Å². The molecule has 0 unspecified atom stereocenters. The van der Waals surface area contributed by atoms with E-state index in [1.54, 1.807) is 0 Å². The minimum atomic E-state index is -0.126. The molecule has 0 atom stereocenters. The van der Waals surface area contributed by atoms with Crippen LogP contribution in [0.4, 0.5) is 0 Å². The molecule has 0 bridgehead atoms. The summed E-state index contributed by atoms with van der Waals surface area (Å²) in [4.78, 5) is 0. The van der Waals surface area contributed by atoms with Crippen LogP contribution in [0.2, 0.25) is 0 Å². The van der Waals surface area contributed by atoms with Crippen molar-refractivity contribution in [2.45, 2.75) is 0 Å². The van der Waals surface area contributed by atoms with Gasteiger partial charge >= 0.3 is 0 Å². The lowest BCUT2D eigenvalue weighted by Crippen LogP contribution is -2.54. The second-order valence-corrected chi connectivity index (χ2v) is 18.3. The average Bonchev–Trinajstić information content (AvgIpc) is 3.95. The number of fused-ring (bicyclic) bond motifs is 13. The number of nitrogens with zero attached hydrogens (tertiary/aromatic N) is 2. The first-order valence-electron chi connectivity index (χ1n) is 24.0. The van der Waals surface area contributed by atoms with Crippen LogP contribution in [0.3, 0.4) is 0 Å². The van der Waals surface area contributed by atoms with Crippen molar-refractivity contribution >= 4 is 66.7 Å². The van der Waals surface area contributed by atoms with Gasteiger partial charge in [-0.1, -0.05) is 229 Å². The Labute approximate surface area is 401 Å². The van der Waals surface area contributed by atoms with Crippen LogP contribution >= 0.6 is 0 Å².